The topological polar surface area (TPSA) is 87.5 Å². The van der Waals surface area contributed by atoms with Crippen molar-refractivity contribution in [1.29, 1.82) is 0 Å². The number of carbonyl (C=O) groups is 2. The Labute approximate surface area is 140 Å². The van der Waals surface area contributed by atoms with Crippen LogP contribution >= 0.6 is 0 Å². The van der Waals surface area contributed by atoms with Gasteiger partial charge in [0.2, 0.25) is 5.89 Å². The molecule has 1 fully saturated rings. The molecule has 0 spiro atoms. The van der Waals surface area contributed by atoms with Crippen LogP contribution in [0.25, 0.3) is 11.1 Å². The Bertz CT molecular complexity index is 791. The van der Waals surface area contributed by atoms with Gasteiger partial charge in [-0.25, -0.2) is 9.78 Å². The largest absolute Gasteiger partial charge is 0.440 e. The Morgan fingerprint density at radius 1 is 1.42 bits per heavy atom. The van der Waals surface area contributed by atoms with Gasteiger partial charge < -0.3 is 15.1 Å². The summed E-state index contributed by atoms with van der Waals surface area (Å²) >= 11 is 0. The van der Waals surface area contributed by atoms with Gasteiger partial charge in [0, 0.05) is 24.2 Å². The van der Waals surface area contributed by atoms with Gasteiger partial charge in [-0.1, -0.05) is 20.8 Å². The number of oxazole rings is 1. The summed E-state index contributed by atoms with van der Waals surface area (Å²) in [5, 5.41) is 5.75. The number of rotatable bonds is 3. The Kier molecular flexibility index (Phi) is 3.95. The van der Waals surface area contributed by atoms with Gasteiger partial charge in [0.15, 0.2) is 5.58 Å². The van der Waals surface area contributed by atoms with Crippen LogP contribution in [0.1, 0.15) is 33.6 Å². The van der Waals surface area contributed by atoms with Gasteiger partial charge in [-0.3, -0.25) is 9.69 Å². The number of hydrogen-bond acceptors (Lipinski definition) is 5. The van der Waals surface area contributed by atoms with Crippen LogP contribution in [0, 0.1) is 0 Å². The molecule has 3 amide bonds. The quantitative estimate of drug-likeness (QED) is 0.903. The smallest absolute Gasteiger partial charge is 0.324 e. The van der Waals surface area contributed by atoms with Crippen molar-refractivity contribution >= 4 is 28.7 Å². The number of nitrogens with zero attached hydrogens (tertiary/aromatic N) is 2. The summed E-state index contributed by atoms with van der Waals surface area (Å²) in [6.45, 7) is 8.76. The third kappa shape index (κ3) is 3.06. The van der Waals surface area contributed by atoms with Crippen molar-refractivity contribution in [2.75, 3.05) is 18.4 Å². The zero-order chi connectivity index (χ0) is 17.5. The normalized spacial score (nSPS) is 16.3. The fourth-order valence-electron chi connectivity index (χ4n) is 2.57. The summed E-state index contributed by atoms with van der Waals surface area (Å²) in [6.07, 6.45) is 0. The van der Waals surface area contributed by atoms with E-state index >= 15 is 0 Å². The summed E-state index contributed by atoms with van der Waals surface area (Å²) in [4.78, 5) is 29.7. The predicted molar refractivity (Wildman–Crippen MR) is 90.9 cm³/mol. The van der Waals surface area contributed by atoms with Crippen molar-refractivity contribution < 1.29 is 14.0 Å². The van der Waals surface area contributed by atoms with Crippen molar-refractivity contribution in [3.8, 4) is 0 Å². The first-order valence-electron chi connectivity index (χ1n) is 8.02. The summed E-state index contributed by atoms with van der Waals surface area (Å²) in [6, 6.07) is 4.67. The van der Waals surface area contributed by atoms with E-state index in [2.05, 4.69) is 15.6 Å². The molecule has 3 rings (SSSR count). The molecule has 0 bridgehead atoms. The summed E-state index contributed by atoms with van der Waals surface area (Å²) in [5.41, 5.74) is 2.04. The van der Waals surface area contributed by atoms with E-state index < -0.39 is 6.04 Å². The summed E-state index contributed by atoms with van der Waals surface area (Å²) in [5.74, 6) is 0.424. The molecule has 7 nitrogen and oxygen atoms in total. The van der Waals surface area contributed by atoms with E-state index in [9.17, 15) is 9.59 Å². The standard InChI is InChI=1S/C17H22N4O3/c1-10(14(22)21-8-7-18-16(21)23)19-11-5-6-13-12(9-11)20-15(24-13)17(2,3)4/h5-6,9-10,19H,7-8H2,1-4H3,(H,18,23). The zero-order valence-electron chi connectivity index (χ0n) is 14.3. The maximum atomic E-state index is 12.3. The first kappa shape index (κ1) is 16.3. The fourth-order valence-corrected chi connectivity index (χ4v) is 2.57. The minimum Gasteiger partial charge on any atom is -0.440 e. The lowest BCUT2D eigenvalue weighted by Gasteiger charge is -2.19. The molecule has 0 aliphatic carbocycles. The van der Waals surface area contributed by atoms with E-state index in [1.807, 2.05) is 39.0 Å². The highest BCUT2D eigenvalue weighted by atomic mass is 16.3. The van der Waals surface area contributed by atoms with Crippen molar-refractivity contribution in [1.82, 2.24) is 15.2 Å². The van der Waals surface area contributed by atoms with Gasteiger partial charge in [0.05, 0.1) is 0 Å². The number of fused-ring (bicyclic) bond motifs is 1. The van der Waals surface area contributed by atoms with E-state index in [1.54, 1.807) is 6.92 Å². The second kappa shape index (κ2) is 5.81. The van der Waals surface area contributed by atoms with Crippen molar-refractivity contribution in [2.45, 2.75) is 39.2 Å². The molecule has 128 valence electrons. The maximum Gasteiger partial charge on any atom is 0.324 e. The average Bonchev–Trinajstić information content (AvgIpc) is 3.11. The highest BCUT2D eigenvalue weighted by molar-refractivity contribution is 5.99. The van der Waals surface area contributed by atoms with Crippen LogP contribution in [-0.4, -0.2) is 41.0 Å². The van der Waals surface area contributed by atoms with Crippen LogP contribution in [0.15, 0.2) is 22.6 Å². The van der Waals surface area contributed by atoms with Gasteiger partial charge >= 0.3 is 6.03 Å². The van der Waals surface area contributed by atoms with Crippen molar-refractivity contribution in [3.63, 3.8) is 0 Å². The molecule has 2 aromatic rings. The van der Waals surface area contributed by atoms with E-state index in [4.69, 9.17) is 4.42 Å². The lowest BCUT2D eigenvalue weighted by molar-refractivity contribution is -0.128. The first-order valence-corrected chi connectivity index (χ1v) is 8.02. The molecule has 1 saturated heterocycles. The molecule has 1 atom stereocenters. The third-order valence-electron chi connectivity index (χ3n) is 3.91. The van der Waals surface area contributed by atoms with E-state index in [0.29, 0.717) is 24.6 Å². The van der Waals surface area contributed by atoms with E-state index in [0.717, 1.165) is 11.2 Å². The molecule has 1 unspecified atom stereocenters. The molecule has 1 aliphatic rings. The van der Waals surface area contributed by atoms with E-state index in [1.165, 1.54) is 4.90 Å². The Morgan fingerprint density at radius 2 is 2.17 bits per heavy atom. The number of urea groups is 1. The summed E-state index contributed by atoms with van der Waals surface area (Å²) < 4.78 is 5.77. The van der Waals surface area contributed by atoms with Crippen molar-refractivity contribution in [2.24, 2.45) is 0 Å². The monoisotopic (exact) mass is 330 g/mol. The highest BCUT2D eigenvalue weighted by Gasteiger charge is 2.29. The summed E-state index contributed by atoms with van der Waals surface area (Å²) in [7, 11) is 0. The molecule has 1 aromatic heterocycles. The molecule has 1 aromatic carbocycles. The Hall–Kier alpha value is -2.57. The minimum atomic E-state index is -0.514. The molecule has 24 heavy (non-hydrogen) atoms. The van der Waals surface area contributed by atoms with Gasteiger partial charge in [-0.15, -0.1) is 0 Å². The number of carbonyl (C=O) groups excluding carboxylic acids is 2. The van der Waals surface area contributed by atoms with Crippen LogP contribution in [0.3, 0.4) is 0 Å². The number of imide groups is 1. The van der Waals surface area contributed by atoms with Gasteiger partial charge in [-0.05, 0) is 25.1 Å². The number of aromatic nitrogens is 1. The van der Waals surface area contributed by atoms with Crippen LogP contribution < -0.4 is 10.6 Å². The molecule has 0 radical (unpaired) electrons. The molecular weight excluding hydrogens is 308 g/mol. The lowest BCUT2D eigenvalue weighted by atomic mass is 9.97. The number of anilines is 1. The van der Waals surface area contributed by atoms with E-state index in [-0.39, 0.29) is 17.4 Å². The molecule has 0 saturated carbocycles. The molecule has 2 N–H and O–H groups in total. The average molecular weight is 330 g/mol. The SMILES string of the molecule is CC(Nc1ccc2oc(C(C)(C)C)nc2c1)C(=O)N1CCNC1=O. The maximum absolute atomic E-state index is 12.3. The molecule has 2 heterocycles. The van der Waals surface area contributed by atoms with Crippen LogP contribution in [-0.2, 0) is 10.2 Å². The second-order valence-electron chi connectivity index (χ2n) is 7.04. The number of benzene rings is 1. The lowest BCUT2D eigenvalue weighted by Crippen LogP contribution is -2.43. The second-order valence-corrected chi connectivity index (χ2v) is 7.04. The number of amides is 3. The molecule has 7 heteroatoms. The van der Waals surface area contributed by atoms with Crippen LogP contribution in [0.4, 0.5) is 10.5 Å². The fraction of sp³-hybridized carbons (Fsp3) is 0.471. The van der Waals surface area contributed by atoms with Crippen molar-refractivity contribution in [3.05, 3.63) is 24.1 Å². The first-order chi connectivity index (χ1) is 11.3. The van der Waals surface area contributed by atoms with Gasteiger partial charge in [-0.2, -0.15) is 0 Å². The Balaban J connectivity index is 1.77. The molecular formula is C17H22N4O3. The predicted octanol–water partition coefficient (Wildman–Crippen LogP) is 2.48. The van der Waals surface area contributed by atoms with Crippen LogP contribution in [0.2, 0.25) is 0 Å². The minimum absolute atomic E-state index is 0.168. The zero-order valence-corrected chi connectivity index (χ0v) is 14.3. The highest BCUT2D eigenvalue weighted by Crippen LogP contribution is 2.27. The molecule has 1 aliphatic heterocycles. The Morgan fingerprint density at radius 3 is 2.79 bits per heavy atom. The number of nitrogens with one attached hydrogen (secondary N) is 2. The third-order valence-corrected chi connectivity index (χ3v) is 3.91. The van der Waals surface area contributed by atoms with Gasteiger partial charge in [0.25, 0.3) is 5.91 Å². The van der Waals surface area contributed by atoms with Gasteiger partial charge in [0.1, 0.15) is 11.6 Å². The number of hydrogen-bond donors (Lipinski definition) is 2. The van der Waals surface area contributed by atoms with Crippen LogP contribution in [0.5, 0.6) is 0 Å².